The number of hydrogen-bond acceptors (Lipinski definition) is 5. The predicted molar refractivity (Wildman–Crippen MR) is 121 cm³/mol. The van der Waals surface area contributed by atoms with Crippen molar-refractivity contribution in [2.45, 2.75) is 13.8 Å². The first kappa shape index (κ1) is 22.6. The first-order chi connectivity index (χ1) is 15.4. The summed E-state index contributed by atoms with van der Waals surface area (Å²) in [5.74, 6) is -0.000142. The Morgan fingerprint density at radius 2 is 1.88 bits per heavy atom. The molecule has 0 unspecified atom stereocenters. The van der Waals surface area contributed by atoms with Crippen LogP contribution in [0, 0.1) is 6.92 Å². The molecule has 0 spiro atoms. The van der Waals surface area contributed by atoms with Crippen molar-refractivity contribution in [1.82, 2.24) is 10.2 Å². The Balaban J connectivity index is 1.71. The van der Waals surface area contributed by atoms with Gasteiger partial charge < -0.3 is 20.1 Å². The smallest absolute Gasteiger partial charge is 0.329 e. The maximum atomic E-state index is 12.7. The normalized spacial score (nSPS) is 14.3. The van der Waals surface area contributed by atoms with E-state index in [4.69, 9.17) is 9.47 Å². The predicted octanol–water partition coefficient (Wildman–Crippen LogP) is 3.49. The lowest BCUT2D eigenvalue weighted by atomic mass is 10.1. The zero-order valence-electron chi connectivity index (χ0n) is 18.0. The summed E-state index contributed by atoms with van der Waals surface area (Å²) in [7, 11) is 0. The molecule has 2 N–H and O–H groups in total. The van der Waals surface area contributed by atoms with Crippen molar-refractivity contribution in [2.75, 3.05) is 25.1 Å². The highest BCUT2D eigenvalue weighted by Crippen LogP contribution is 2.29. The molecule has 1 aliphatic rings. The molecule has 0 saturated carbocycles. The first-order valence-corrected chi connectivity index (χ1v) is 10.1. The van der Waals surface area contributed by atoms with E-state index in [1.807, 2.05) is 26.0 Å². The molecule has 0 aromatic heterocycles. The standard InChI is InChI=1S/C24H25N3O5/c1-4-12-32-20-11-8-17(14-21(20)31-5-2)13-19-23(29)27(24(30)26-19)15-22(28)25-18-9-6-16(3)7-10-18/h4,6-11,13-14H,1,5,12,15H2,2-3H3,(H,25,28)(H,26,30)/b19-13+. The van der Waals surface area contributed by atoms with Gasteiger partial charge in [-0.15, -0.1) is 0 Å². The SMILES string of the molecule is C=CCOc1ccc(/C=C2/NC(=O)N(CC(=O)Nc3ccc(C)cc3)C2=O)cc1OCC. The molecule has 0 radical (unpaired) electrons. The van der Waals surface area contributed by atoms with Gasteiger partial charge >= 0.3 is 6.03 Å². The minimum absolute atomic E-state index is 0.0698. The largest absolute Gasteiger partial charge is 0.490 e. The van der Waals surface area contributed by atoms with E-state index in [9.17, 15) is 14.4 Å². The van der Waals surface area contributed by atoms with E-state index in [-0.39, 0.29) is 5.70 Å². The zero-order valence-corrected chi connectivity index (χ0v) is 18.0. The molecule has 4 amide bonds. The van der Waals surface area contributed by atoms with Crippen molar-refractivity contribution in [3.8, 4) is 11.5 Å². The molecule has 8 nitrogen and oxygen atoms in total. The summed E-state index contributed by atoms with van der Waals surface area (Å²) in [6, 6.07) is 11.7. The van der Waals surface area contributed by atoms with E-state index in [1.54, 1.807) is 36.4 Å². The fourth-order valence-electron chi connectivity index (χ4n) is 3.01. The van der Waals surface area contributed by atoms with Gasteiger partial charge in [0.2, 0.25) is 5.91 Å². The number of urea groups is 1. The van der Waals surface area contributed by atoms with Crippen LogP contribution in [0.25, 0.3) is 6.08 Å². The summed E-state index contributed by atoms with van der Waals surface area (Å²) < 4.78 is 11.2. The maximum absolute atomic E-state index is 12.7. The molecule has 0 bridgehead atoms. The van der Waals surface area contributed by atoms with E-state index in [1.165, 1.54) is 6.08 Å². The molecule has 1 aliphatic heterocycles. The number of imide groups is 1. The van der Waals surface area contributed by atoms with Crippen LogP contribution < -0.4 is 20.1 Å². The number of ether oxygens (including phenoxy) is 2. The van der Waals surface area contributed by atoms with Gasteiger partial charge in [0.05, 0.1) is 6.61 Å². The van der Waals surface area contributed by atoms with Crippen LogP contribution in [0.4, 0.5) is 10.5 Å². The Labute approximate surface area is 186 Å². The number of rotatable bonds is 9. The van der Waals surface area contributed by atoms with Gasteiger partial charge in [-0.2, -0.15) is 0 Å². The maximum Gasteiger partial charge on any atom is 0.329 e. The van der Waals surface area contributed by atoms with Crippen LogP contribution in [-0.4, -0.2) is 42.5 Å². The average Bonchev–Trinajstić information content (AvgIpc) is 3.02. The van der Waals surface area contributed by atoms with E-state index in [2.05, 4.69) is 17.2 Å². The summed E-state index contributed by atoms with van der Waals surface area (Å²) in [6.07, 6.45) is 3.15. The summed E-state index contributed by atoms with van der Waals surface area (Å²) >= 11 is 0. The topological polar surface area (TPSA) is 97.0 Å². The number of carbonyl (C=O) groups excluding carboxylic acids is 3. The molecular formula is C24H25N3O5. The lowest BCUT2D eigenvalue weighted by Crippen LogP contribution is -2.38. The lowest BCUT2D eigenvalue weighted by Gasteiger charge is -2.12. The van der Waals surface area contributed by atoms with E-state index in [0.29, 0.717) is 36.0 Å². The second kappa shape index (κ2) is 10.3. The Hall–Kier alpha value is -4.07. The highest BCUT2D eigenvalue weighted by atomic mass is 16.5. The Kier molecular flexibility index (Phi) is 7.28. The van der Waals surface area contributed by atoms with Crippen LogP contribution in [0.5, 0.6) is 11.5 Å². The third-order valence-electron chi connectivity index (χ3n) is 4.53. The van der Waals surface area contributed by atoms with Gasteiger partial charge in [0.15, 0.2) is 11.5 Å². The number of carbonyl (C=O) groups is 3. The van der Waals surface area contributed by atoms with Crippen molar-refractivity contribution < 1.29 is 23.9 Å². The minimum Gasteiger partial charge on any atom is -0.490 e. The zero-order chi connectivity index (χ0) is 23.1. The summed E-state index contributed by atoms with van der Waals surface area (Å²) in [4.78, 5) is 38.1. The molecule has 0 atom stereocenters. The molecule has 3 rings (SSSR count). The summed E-state index contributed by atoms with van der Waals surface area (Å²) in [5.41, 5.74) is 2.35. The second-order valence-electron chi connectivity index (χ2n) is 7.03. The van der Waals surface area contributed by atoms with Crippen molar-refractivity contribution in [3.05, 3.63) is 71.9 Å². The molecule has 1 heterocycles. The van der Waals surface area contributed by atoms with Crippen LogP contribution >= 0.6 is 0 Å². The highest BCUT2D eigenvalue weighted by molar-refractivity contribution is 6.15. The molecular weight excluding hydrogens is 410 g/mol. The van der Waals surface area contributed by atoms with Gasteiger partial charge in [-0.3, -0.25) is 9.59 Å². The van der Waals surface area contributed by atoms with Crippen LogP contribution in [0.1, 0.15) is 18.1 Å². The molecule has 2 aromatic rings. The van der Waals surface area contributed by atoms with Gasteiger partial charge in [0, 0.05) is 5.69 Å². The third-order valence-corrected chi connectivity index (χ3v) is 4.53. The van der Waals surface area contributed by atoms with Crippen LogP contribution in [0.2, 0.25) is 0 Å². The molecule has 166 valence electrons. The fourth-order valence-corrected chi connectivity index (χ4v) is 3.01. The average molecular weight is 435 g/mol. The van der Waals surface area contributed by atoms with Crippen LogP contribution in [0.15, 0.2) is 60.8 Å². The van der Waals surface area contributed by atoms with Crippen molar-refractivity contribution in [2.24, 2.45) is 0 Å². The quantitative estimate of drug-likeness (QED) is 0.357. The minimum atomic E-state index is -0.656. The van der Waals surface area contributed by atoms with Gasteiger partial charge in [0.1, 0.15) is 18.8 Å². The molecule has 0 aliphatic carbocycles. The number of aryl methyl sites for hydroxylation is 1. The highest BCUT2D eigenvalue weighted by Gasteiger charge is 2.35. The van der Waals surface area contributed by atoms with Crippen molar-refractivity contribution >= 4 is 29.6 Å². The Bertz CT molecular complexity index is 1060. The van der Waals surface area contributed by atoms with Crippen LogP contribution in [-0.2, 0) is 9.59 Å². The van der Waals surface area contributed by atoms with Gasteiger partial charge in [-0.1, -0.05) is 36.4 Å². The summed E-state index contributed by atoms with van der Waals surface area (Å²) in [6.45, 7) is 7.78. The van der Waals surface area contributed by atoms with Gasteiger partial charge in [0.25, 0.3) is 5.91 Å². The molecule has 2 aromatic carbocycles. The molecule has 1 saturated heterocycles. The first-order valence-electron chi connectivity index (χ1n) is 10.1. The number of nitrogens with one attached hydrogen (secondary N) is 2. The Morgan fingerprint density at radius 1 is 1.12 bits per heavy atom. The van der Waals surface area contributed by atoms with Gasteiger partial charge in [-0.25, -0.2) is 9.69 Å². The van der Waals surface area contributed by atoms with E-state index >= 15 is 0 Å². The molecule has 8 heteroatoms. The van der Waals surface area contributed by atoms with Crippen molar-refractivity contribution in [1.29, 1.82) is 0 Å². The monoisotopic (exact) mass is 435 g/mol. The van der Waals surface area contributed by atoms with Gasteiger partial charge in [-0.05, 0) is 49.8 Å². The number of nitrogens with zero attached hydrogens (tertiary/aromatic N) is 1. The fraction of sp³-hybridized carbons (Fsp3) is 0.208. The number of anilines is 1. The molecule has 32 heavy (non-hydrogen) atoms. The number of benzene rings is 2. The molecule has 1 fully saturated rings. The third kappa shape index (κ3) is 5.54. The van der Waals surface area contributed by atoms with E-state index in [0.717, 1.165) is 10.5 Å². The van der Waals surface area contributed by atoms with Crippen LogP contribution in [0.3, 0.4) is 0 Å². The summed E-state index contributed by atoms with van der Waals surface area (Å²) in [5, 5.41) is 5.19. The van der Waals surface area contributed by atoms with E-state index < -0.39 is 24.4 Å². The number of hydrogen-bond donors (Lipinski definition) is 2. The second-order valence-corrected chi connectivity index (χ2v) is 7.03. The lowest BCUT2D eigenvalue weighted by molar-refractivity contribution is -0.127. The number of amides is 4. The Morgan fingerprint density at radius 3 is 2.56 bits per heavy atom. The van der Waals surface area contributed by atoms with Crippen molar-refractivity contribution in [3.63, 3.8) is 0 Å².